The Bertz CT molecular complexity index is 798. The third-order valence-corrected chi connectivity index (χ3v) is 4.01. The maximum Gasteiger partial charge on any atom is 0.287 e. The number of hydrogen-bond donors (Lipinski definition) is 0. The molecule has 2 aromatic heterocycles. The number of hydrogen-bond acceptors (Lipinski definition) is 5. The standard InChI is InChI=1S/C14H12N4O2S/c1-2-17-12-6-4-3-5-11(12)16-14(17)21-13-8-7-10(9-15-13)18(19)20/h3-9H,2H2,1H3. The lowest BCUT2D eigenvalue weighted by molar-refractivity contribution is -0.385. The third-order valence-electron chi connectivity index (χ3n) is 3.06. The van der Waals surface area contributed by atoms with Crippen LogP contribution in [0.3, 0.4) is 0 Å². The topological polar surface area (TPSA) is 73.8 Å². The number of nitrogens with zero attached hydrogens (tertiary/aromatic N) is 4. The van der Waals surface area contributed by atoms with Crippen molar-refractivity contribution >= 4 is 28.5 Å². The first-order valence-electron chi connectivity index (χ1n) is 6.42. The number of fused-ring (bicyclic) bond motifs is 1. The monoisotopic (exact) mass is 300 g/mol. The molecule has 0 saturated carbocycles. The molecule has 0 amide bonds. The minimum atomic E-state index is -0.456. The zero-order valence-corrected chi connectivity index (χ0v) is 12.1. The molecule has 1 aromatic carbocycles. The van der Waals surface area contributed by atoms with Crippen LogP contribution >= 0.6 is 11.8 Å². The summed E-state index contributed by atoms with van der Waals surface area (Å²) in [6, 6.07) is 11.0. The van der Waals surface area contributed by atoms with E-state index in [2.05, 4.69) is 21.5 Å². The predicted molar refractivity (Wildman–Crippen MR) is 80.4 cm³/mol. The van der Waals surface area contributed by atoms with Crippen LogP contribution < -0.4 is 0 Å². The zero-order valence-electron chi connectivity index (χ0n) is 11.3. The van der Waals surface area contributed by atoms with E-state index in [-0.39, 0.29) is 5.69 Å². The molecule has 0 aliphatic heterocycles. The zero-order chi connectivity index (χ0) is 14.8. The summed E-state index contributed by atoms with van der Waals surface area (Å²) in [5.74, 6) is 0. The van der Waals surface area contributed by atoms with Gasteiger partial charge in [0.2, 0.25) is 0 Å². The maximum absolute atomic E-state index is 10.6. The number of para-hydroxylation sites is 2. The van der Waals surface area contributed by atoms with Crippen molar-refractivity contribution in [2.45, 2.75) is 23.7 Å². The molecule has 0 spiro atoms. The Morgan fingerprint density at radius 2 is 2.10 bits per heavy atom. The second-order valence-electron chi connectivity index (χ2n) is 4.34. The largest absolute Gasteiger partial charge is 0.319 e. The van der Waals surface area contributed by atoms with E-state index in [0.717, 1.165) is 22.7 Å². The Balaban J connectivity index is 1.95. The Morgan fingerprint density at radius 1 is 1.29 bits per heavy atom. The van der Waals surface area contributed by atoms with Crippen molar-refractivity contribution in [1.82, 2.24) is 14.5 Å². The molecule has 0 saturated heterocycles. The molecule has 0 bridgehead atoms. The van der Waals surface area contributed by atoms with E-state index in [1.54, 1.807) is 6.07 Å². The maximum atomic E-state index is 10.6. The number of imidazole rings is 1. The predicted octanol–water partition coefficient (Wildman–Crippen LogP) is 3.51. The van der Waals surface area contributed by atoms with E-state index < -0.39 is 4.92 Å². The third kappa shape index (κ3) is 2.59. The Morgan fingerprint density at radius 3 is 2.76 bits per heavy atom. The molecule has 21 heavy (non-hydrogen) atoms. The van der Waals surface area contributed by atoms with Crippen LogP contribution in [0.5, 0.6) is 0 Å². The van der Waals surface area contributed by atoms with Crippen molar-refractivity contribution in [2.75, 3.05) is 0 Å². The van der Waals surface area contributed by atoms with Gasteiger partial charge in [0.25, 0.3) is 5.69 Å². The van der Waals surface area contributed by atoms with E-state index in [0.29, 0.717) is 5.03 Å². The fourth-order valence-corrected chi connectivity index (χ4v) is 2.98. The molecule has 0 unspecified atom stereocenters. The molecule has 0 aliphatic carbocycles. The molecule has 0 radical (unpaired) electrons. The number of aromatic nitrogens is 3. The van der Waals surface area contributed by atoms with Gasteiger partial charge in [0, 0.05) is 12.6 Å². The van der Waals surface area contributed by atoms with Crippen LogP contribution in [0, 0.1) is 10.1 Å². The van der Waals surface area contributed by atoms with Gasteiger partial charge >= 0.3 is 0 Å². The highest BCUT2D eigenvalue weighted by molar-refractivity contribution is 7.99. The van der Waals surface area contributed by atoms with Gasteiger partial charge in [0.1, 0.15) is 11.2 Å². The Hall–Kier alpha value is -2.41. The van der Waals surface area contributed by atoms with Gasteiger partial charge in [-0.15, -0.1) is 0 Å². The first-order valence-corrected chi connectivity index (χ1v) is 7.24. The van der Waals surface area contributed by atoms with E-state index >= 15 is 0 Å². The van der Waals surface area contributed by atoms with Crippen molar-refractivity contribution in [1.29, 1.82) is 0 Å². The average molecular weight is 300 g/mol. The first-order chi connectivity index (χ1) is 10.2. The molecule has 3 rings (SSSR count). The smallest absolute Gasteiger partial charge is 0.287 e. The highest BCUT2D eigenvalue weighted by Gasteiger charge is 2.12. The first kappa shape index (κ1) is 13.6. The van der Waals surface area contributed by atoms with Gasteiger partial charge in [-0.3, -0.25) is 10.1 Å². The van der Waals surface area contributed by atoms with Gasteiger partial charge in [-0.2, -0.15) is 0 Å². The molecule has 6 nitrogen and oxygen atoms in total. The van der Waals surface area contributed by atoms with Crippen molar-refractivity contribution in [3.63, 3.8) is 0 Å². The Kier molecular flexibility index (Phi) is 3.57. The number of benzene rings is 1. The van der Waals surface area contributed by atoms with Crippen LogP contribution in [0.4, 0.5) is 5.69 Å². The summed E-state index contributed by atoms with van der Waals surface area (Å²) in [5.41, 5.74) is 2.00. The van der Waals surface area contributed by atoms with Crippen LogP contribution in [0.2, 0.25) is 0 Å². The van der Waals surface area contributed by atoms with Crippen LogP contribution in [0.25, 0.3) is 11.0 Å². The second kappa shape index (κ2) is 5.53. The van der Waals surface area contributed by atoms with Gasteiger partial charge in [-0.05, 0) is 36.9 Å². The molecule has 0 N–H and O–H groups in total. The lowest BCUT2D eigenvalue weighted by Gasteiger charge is -2.04. The summed E-state index contributed by atoms with van der Waals surface area (Å²) < 4.78 is 2.10. The van der Waals surface area contributed by atoms with Gasteiger partial charge in [-0.25, -0.2) is 9.97 Å². The fraction of sp³-hybridized carbons (Fsp3) is 0.143. The molecule has 106 valence electrons. The molecule has 0 fully saturated rings. The summed E-state index contributed by atoms with van der Waals surface area (Å²) in [7, 11) is 0. The molecule has 2 heterocycles. The lowest BCUT2D eigenvalue weighted by Crippen LogP contribution is -1.96. The van der Waals surface area contributed by atoms with Crippen LogP contribution in [0.15, 0.2) is 52.8 Å². The fourth-order valence-electron chi connectivity index (χ4n) is 2.07. The summed E-state index contributed by atoms with van der Waals surface area (Å²) >= 11 is 1.40. The normalized spacial score (nSPS) is 10.9. The molecular weight excluding hydrogens is 288 g/mol. The van der Waals surface area contributed by atoms with Gasteiger partial charge < -0.3 is 4.57 Å². The summed E-state index contributed by atoms with van der Waals surface area (Å²) in [6.45, 7) is 2.86. The van der Waals surface area contributed by atoms with Crippen molar-refractivity contribution in [2.24, 2.45) is 0 Å². The summed E-state index contributed by atoms with van der Waals surface area (Å²) in [5, 5.41) is 12.1. The molecule has 3 aromatic rings. The molecule has 0 aliphatic rings. The highest BCUT2D eigenvalue weighted by Crippen LogP contribution is 2.29. The SMILES string of the molecule is CCn1c(Sc2ccc([N+](=O)[O-])cn2)nc2ccccc21. The van der Waals surface area contributed by atoms with Gasteiger partial charge in [-0.1, -0.05) is 12.1 Å². The molecule has 0 atom stereocenters. The van der Waals surface area contributed by atoms with Crippen molar-refractivity contribution in [3.05, 3.63) is 52.7 Å². The number of pyridine rings is 1. The highest BCUT2D eigenvalue weighted by atomic mass is 32.2. The van der Waals surface area contributed by atoms with Crippen LogP contribution in [-0.4, -0.2) is 19.5 Å². The molecule has 7 heteroatoms. The quantitative estimate of drug-likeness (QED) is 0.544. The van der Waals surface area contributed by atoms with E-state index in [1.807, 2.05) is 24.3 Å². The van der Waals surface area contributed by atoms with Crippen LogP contribution in [0.1, 0.15) is 6.92 Å². The van der Waals surface area contributed by atoms with E-state index in [9.17, 15) is 10.1 Å². The summed E-state index contributed by atoms with van der Waals surface area (Å²) in [4.78, 5) is 18.9. The lowest BCUT2D eigenvalue weighted by atomic mass is 10.3. The van der Waals surface area contributed by atoms with Gasteiger partial charge in [0.05, 0.1) is 16.0 Å². The second-order valence-corrected chi connectivity index (χ2v) is 5.33. The van der Waals surface area contributed by atoms with Gasteiger partial charge in [0.15, 0.2) is 5.16 Å². The van der Waals surface area contributed by atoms with Crippen LogP contribution in [-0.2, 0) is 6.54 Å². The molecular formula is C14H12N4O2S. The minimum Gasteiger partial charge on any atom is -0.319 e. The number of aryl methyl sites for hydroxylation is 1. The van der Waals surface area contributed by atoms with Crippen molar-refractivity contribution in [3.8, 4) is 0 Å². The minimum absolute atomic E-state index is 0.0108. The van der Waals surface area contributed by atoms with Crippen molar-refractivity contribution < 1.29 is 4.92 Å². The van der Waals surface area contributed by atoms with E-state index in [4.69, 9.17) is 0 Å². The summed E-state index contributed by atoms with van der Waals surface area (Å²) in [6.07, 6.45) is 1.27. The number of nitro groups is 1. The number of rotatable bonds is 4. The Labute approximate surface area is 125 Å². The van der Waals surface area contributed by atoms with E-state index in [1.165, 1.54) is 24.0 Å². The average Bonchev–Trinajstić information content (AvgIpc) is 2.84.